The number of halogens is 1. The summed E-state index contributed by atoms with van der Waals surface area (Å²) in [5.74, 6) is -0.194. The number of carbonyl (C=O) groups excluding carboxylic acids is 1. The van der Waals surface area contributed by atoms with Gasteiger partial charge in [-0.3, -0.25) is 4.79 Å². The Bertz CT molecular complexity index is 1020. The van der Waals surface area contributed by atoms with E-state index in [-0.39, 0.29) is 17.3 Å². The van der Waals surface area contributed by atoms with Gasteiger partial charge in [0, 0.05) is 24.3 Å². The van der Waals surface area contributed by atoms with Crippen LogP contribution in [0.2, 0.25) is 0 Å². The molecule has 0 atom stereocenters. The molecule has 0 aromatic heterocycles. The second-order valence-corrected chi connectivity index (χ2v) is 10.4. The molecule has 1 fully saturated rings. The van der Waals surface area contributed by atoms with Crippen molar-refractivity contribution in [2.45, 2.75) is 4.90 Å². The summed E-state index contributed by atoms with van der Waals surface area (Å²) in [5, 5.41) is 4.02. The Kier molecular flexibility index (Phi) is 7.82. The molecule has 3 rings (SSSR count). The van der Waals surface area contributed by atoms with E-state index in [1.54, 1.807) is 30.5 Å². The SMILES string of the molecule is CN(C)c1ccc(/C=N\NC(=O)C[NH+]2CCN(S(=O)(=O)c3ccc(Br)cc3)CC2)cc1. The topological polar surface area (TPSA) is 86.5 Å². The Morgan fingerprint density at radius 3 is 2.32 bits per heavy atom. The molecule has 2 aromatic rings. The Labute approximate surface area is 191 Å². The van der Waals surface area contributed by atoms with E-state index in [9.17, 15) is 13.2 Å². The standard InChI is InChI=1S/C21H26BrN5O3S/c1-25(2)19-7-3-17(4-8-19)15-23-24-21(28)16-26-11-13-27(14-12-26)31(29,30)20-9-5-18(22)6-10-20/h3-10,15H,11-14,16H2,1-2H3,(H,24,28)/p+1/b23-15-. The van der Waals surface area contributed by atoms with Crippen LogP contribution in [0.4, 0.5) is 5.69 Å². The quantitative estimate of drug-likeness (QED) is 0.422. The minimum Gasteiger partial charge on any atom is -0.378 e. The first-order valence-corrected chi connectivity index (χ1v) is 12.2. The van der Waals surface area contributed by atoms with E-state index in [1.165, 1.54) is 4.31 Å². The van der Waals surface area contributed by atoms with Crippen molar-refractivity contribution in [1.82, 2.24) is 9.73 Å². The molecule has 0 bridgehead atoms. The highest BCUT2D eigenvalue weighted by molar-refractivity contribution is 9.10. The van der Waals surface area contributed by atoms with Crippen LogP contribution in [0.1, 0.15) is 5.56 Å². The highest BCUT2D eigenvalue weighted by Crippen LogP contribution is 2.18. The zero-order valence-corrected chi connectivity index (χ0v) is 20.0. The maximum atomic E-state index is 12.8. The summed E-state index contributed by atoms with van der Waals surface area (Å²) < 4.78 is 27.8. The van der Waals surface area contributed by atoms with Gasteiger partial charge in [-0.15, -0.1) is 0 Å². The van der Waals surface area contributed by atoms with Crippen molar-refractivity contribution in [2.75, 3.05) is 51.7 Å². The molecule has 0 saturated carbocycles. The second-order valence-electron chi connectivity index (χ2n) is 7.56. The minimum atomic E-state index is -3.51. The fourth-order valence-corrected chi connectivity index (χ4v) is 4.98. The number of hydrazone groups is 1. The largest absolute Gasteiger partial charge is 0.378 e. The van der Waals surface area contributed by atoms with Crippen LogP contribution < -0.4 is 15.2 Å². The van der Waals surface area contributed by atoms with Crippen LogP contribution in [0.5, 0.6) is 0 Å². The number of nitrogens with one attached hydrogen (secondary N) is 2. The monoisotopic (exact) mass is 508 g/mol. The molecular weight excluding hydrogens is 482 g/mol. The molecule has 1 heterocycles. The lowest BCUT2D eigenvalue weighted by molar-refractivity contribution is -0.895. The van der Waals surface area contributed by atoms with Crippen molar-refractivity contribution < 1.29 is 18.1 Å². The summed E-state index contributed by atoms with van der Waals surface area (Å²) in [4.78, 5) is 15.5. The molecule has 10 heteroatoms. The van der Waals surface area contributed by atoms with Crippen molar-refractivity contribution in [3.63, 3.8) is 0 Å². The maximum absolute atomic E-state index is 12.8. The van der Waals surface area contributed by atoms with Gasteiger partial charge in [0.05, 0.1) is 37.3 Å². The number of hydrogen-bond acceptors (Lipinski definition) is 5. The molecule has 8 nitrogen and oxygen atoms in total. The van der Waals surface area contributed by atoms with E-state index >= 15 is 0 Å². The number of amides is 1. The van der Waals surface area contributed by atoms with Gasteiger partial charge in [-0.25, -0.2) is 13.8 Å². The number of piperazine rings is 1. The molecular formula is C21H27BrN5O3S+. The van der Waals surface area contributed by atoms with E-state index in [1.807, 2.05) is 43.3 Å². The highest BCUT2D eigenvalue weighted by Gasteiger charge is 2.31. The molecule has 2 aromatic carbocycles. The lowest BCUT2D eigenvalue weighted by Gasteiger charge is -2.31. The van der Waals surface area contributed by atoms with E-state index in [2.05, 4.69) is 26.5 Å². The second kappa shape index (κ2) is 10.4. The Balaban J connectivity index is 1.46. The van der Waals surface area contributed by atoms with Crippen molar-refractivity contribution in [3.8, 4) is 0 Å². The van der Waals surface area contributed by atoms with Gasteiger partial charge < -0.3 is 9.80 Å². The average Bonchev–Trinajstić information content (AvgIpc) is 2.75. The molecule has 1 saturated heterocycles. The van der Waals surface area contributed by atoms with Crippen molar-refractivity contribution in [1.29, 1.82) is 0 Å². The Morgan fingerprint density at radius 2 is 1.74 bits per heavy atom. The number of benzene rings is 2. The minimum absolute atomic E-state index is 0.194. The Morgan fingerprint density at radius 1 is 1.13 bits per heavy atom. The lowest BCUT2D eigenvalue weighted by atomic mass is 10.2. The van der Waals surface area contributed by atoms with Crippen LogP contribution in [0, 0.1) is 0 Å². The van der Waals surface area contributed by atoms with Crippen LogP contribution in [0.3, 0.4) is 0 Å². The lowest BCUT2D eigenvalue weighted by Crippen LogP contribution is -3.15. The van der Waals surface area contributed by atoms with Gasteiger partial charge in [-0.1, -0.05) is 28.1 Å². The summed E-state index contributed by atoms with van der Waals surface area (Å²) in [7, 11) is 0.436. The number of hydrogen-bond donors (Lipinski definition) is 2. The summed E-state index contributed by atoms with van der Waals surface area (Å²) >= 11 is 3.32. The zero-order valence-electron chi connectivity index (χ0n) is 17.6. The van der Waals surface area contributed by atoms with Gasteiger partial charge in [0.2, 0.25) is 10.0 Å². The molecule has 0 unspecified atom stereocenters. The maximum Gasteiger partial charge on any atom is 0.295 e. The van der Waals surface area contributed by atoms with Crippen molar-refractivity contribution >= 4 is 43.8 Å². The van der Waals surface area contributed by atoms with Crippen molar-refractivity contribution in [3.05, 3.63) is 58.6 Å². The fraction of sp³-hybridized carbons (Fsp3) is 0.333. The van der Waals surface area contributed by atoms with Gasteiger partial charge >= 0.3 is 0 Å². The number of anilines is 1. The molecule has 1 amide bonds. The highest BCUT2D eigenvalue weighted by atomic mass is 79.9. The van der Waals surface area contributed by atoms with Gasteiger partial charge in [0.1, 0.15) is 0 Å². The molecule has 2 N–H and O–H groups in total. The molecule has 0 spiro atoms. The van der Waals surface area contributed by atoms with Gasteiger partial charge in [-0.05, 0) is 42.0 Å². The normalized spacial score (nSPS) is 15.8. The average molecular weight is 509 g/mol. The van der Waals surface area contributed by atoms with Crippen molar-refractivity contribution in [2.24, 2.45) is 5.10 Å². The smallest absolute Gasteiger partial charge is 0.295 e. The molecule has 1 aliphatic rings. The first-order chi connectivity index (χ1) is 14.8. The Hall–Kier alpha value is -2.27. The number of carbonyl (C=O) groups is 1. The third kappa shape index (κ3) is 6.36. The van der Waals surface area contributed by atoms with E-state index in [4.69, 9.17) is 0 Å². The number of sulfonamides is 1. The number of nitrogens with zero attached hydrogens (tertiary/aromatic N) is 3. The van der Waals surface area contributed by atoms with Crippen LogP contribution >= 0.6 is 15.9 Å². The predicted octanol–water partition coefficient (Wildman–Crippen LogP) is 0.555. The molecule has 0 radical (unpaired) electrons. The zero-order chi connectivity index (χ0) is 22.4. The number of rotatable bonds is 7. The number of quaternary nitrogens is 1. The summed E-state index contributed by atoms with van der Waals surface area (Å²) in [6.07, 6.45) is 1.61. The van der Waals surface area contributed by atoms with Gasteiger partial charge in [-0.2, -0.15) is 9.41 Å². The molecule has 166 valence electrons. The van der Waals surface area contributed by atoms with Crippen LogP contribution in [0.15, 0.2) is 63.0 Å². The summed E-state index contributed by atoms with van der Waals surface area (Å²) in [6.45, 7) is 2.14. The summed E-state index contributed by atoms with van der Waals surface area (Å²) in [6, 6.07) is 14.5. The third-order valence-corrected chi connectivity index (χ3v) is 7.55. The van der Waals surface area contributed by atoms with Crippen LogP contribution in [-0.4, -0.2) is 71.7 Å². The van der Waals surface area contributed by atoms with Crippen LogP contribution in [-0.2, 0) is 14.8 Å². The molecule has 0 aliphatic carbocycles. The van der Waals surface area contributed by atoms with Gasteiger partial charge in [0.15, 0.2) is 6.54 Å². The van der Waals surface area contributed by atoms with E-state index < -0.39 is 10.0 Å². The van der Waals surface area contributed by atoms with E-state index in [0.717, 1.165) is 20.6 Å². The van der Waals surface area contributed by atoms with E-state index in [0.29, 0.717) is 26.2 Å². The predicted molar refractivity (Wildman–Crippen MR) is 125 cm³/mol. The summed E-state index contributed by atoms with van der Waals surface area (Å²) in [5.41, 5.74) is 4.53. The van der Waals surface area contributed by atoms with Gasteiger partial charge in [0.25, 0.3) is 5.91 Å². The first kappa shape index (κ1) is 23.4. The third-order valence-electron chi connectivity index (χ3n) is 5.10. The molecule has 31 heavy (non-hydrogen) atoms. The van der Waals surface area contributed by atoms with Crippen LogP contribution in [0.25, 0.3) is 0 Å². The first-order valence-electron chi connectivity index (χ1n) is 9.94. The fourth-order valence-electron chi connectivity index (χ4n) is 3.28. The molecule has 1 aliphatic heterocycles.